The molecule has 1 aliphatic carbocycles. The summed E-state index contributed by atoms with van der Waals surface area (Å²) in [5.74, 6) is 2.20. The molecule has 0 spiro atoms. The van der Waals surface area contributed by atoms with Crippen LogP contribution >= 0.6 is 0 Å². The van der Waals surface area contributed by atoms with Gasteiger partial charge in [-0.25, -0.2) is 0 Å². The van der Waals surface area contributed by atoms with Crippen molar-refractivity contribution in [3.05, 3.63) is 0 Å². The first-order chi connectivity index (χ1) is 9.00. The van der Waals surface area contributed by atoms with E-state index in [0.717, 1.165) is 18.4 Å². The highest BCUT2D eigenvalue weighted by Gasteiger charge is 2.39. The minimum Gasteiger partial charge on any atom is -0.339 e. The largest absolute Gasteiger partial charge is 0.339 e. The predicted octanol–water partition coefficient (Wildman–Crippen LogP) is 2.79. The molecule has 3 nitrogen and oxygen atoms in total. The fraction of sp³-hybridized carbons (Fsp3) is 0.938. The number of hydrogen-bond donors (Lipinski definition) is 1. The van der Waals surface area contributed by atoms with Crippen molar-refractivity contribution in [2.75, 3.05) is 6.54 Å². The summed E-state index contributed by atoms with van der Waals surface area (Å²) in [4.78, 5) is 14.7. The molecule has 110 valence electrons. The van der Waals surface area contributed by atoms with Crippen LogP contribution in [0.4, 0.5) is 0 Å². The zero-order chi connectivity index (χ0) is 14.0. The van der Waals surface area contributed by atoms with E-state index in [9.17, 15) is 4.79 Å². The van der Waals surface area contributed by atoms with Crippen LogP contribution in [0.25, 0.3) is 0 Å². The lowest BCUT2D eigenvalue weighted by atomic mass is 9.72. The van der Waals surface area contributed by atoms with Gasteiger partial charge in [-0.2, -0.15) is 0 Å². The van der Waals surface area contributed by atoms with Crippen LogP contribution in [0.5, 0.6) is 0 Å². The van der Waals surface area contributed by atoms with Gasteiger partial charge >= 0.3 is 0 Å². The van der Waals surface area contributed by atoms with Gasteiger partial charge in [-0.3, -0.25) is 4.79 Å². The van der Waals surface area contributed by atoms with Crippen molar-refractivity contribution in [3.63, 3.8) is 0 Å². The van der Waals surface area contributed by atoms with Gasteiger partial charge < -0.3 is 10.6 Å². The molecule has 4 unspecified atom stereocenters. The number of carbonyl (C=O) groups excluding carboxylic acids is 1. The molecular formula is C16H30N2O. The first kappa shape index (κ1) is 14.8. The molecule has 4 atom stereocenters. The van der Waals surface area contributed by atoms with E-state index in [1.807, 2.05) is 0 Å². The van der Waals surface area contributed by atoms with Crippen molar-refractivity contribution in [3.8, 4) is 0 Å². The molecule has 1 aliphatic heterocycles. The number of piperidine rings is 1. The monoisotopic (exact) mass is 266 g/mol. The normalized spacial score (nSPS) is 33.1. The van der Waals surface area contributed by atoms with Gasteiger partial charge in [-0.05, 0) is 37.0 Å². The van der Waals surface area contributed by atoms with Gasteiger partial charge in [0, 0.05) is 25.0 Å². The second-order valence-corrected chi connectivity index (χ2v) is 6.98. The second-order valence-electron chi connectivity index (χ2n) is 6.98. The van der Waals surface area contributed by atoms with Crippen molar-refractivity contribution < 1.29 is 4.79 Å². The highest BCUT2D eigenvalue weighted by Crippen LogP contribution is 2.39. The lowest BCUT2D eigenvalue weighted by Gasteiger charge is -2.47. The van der Waals surface area contributed by atoms with Crippen LogP contribution in [0.3, 0.4) is 0 Å². The minimum absolute atomic E-state index is 0.00823. The number of amides is 1. The van der Waals surface area contributed by atoms with Crippen molar-refractivity contribution >= 4 is 5.91 Å². The molecule has 0 bridgehead atoms. The van der Waals surface area contributed by atoms with Gasteiger partial charge in [0.15, 0.2) is 0 Å². The number of nitrogens with two attached hydrogens (primary N) is 1. The maximum absolute atomic E-state index is 12.5. The van der Waals surface area contributed by atoms with Crippen LogP contribution in [0.1, 0.15) is 59.3 Å². The maximum Gasteiger partial charge on any atom is 0.224 e. The molecular weight excluding hydrogens is 236 g/mol. The van der Waals surface area contributed by atoms with Crippen molar-refractivity contribution in [2.45, 2.75) is 71.4 Å². The summed E-state index contributed by atoms with van der Waals surface area (Å²) in [5.41, 5.74) is 6.07. The van der Waals surface area contributed by atoms with Gasteiger partial charge in [0.1, 0.15) is 0 Å². The number of likely N-dealkylation sites (tertiary alicyclic amines) is 1. The summed E-state index contributed by atoms with van der Waals surface area (Å²) >= 11 is 0. The molecule has 1 heterocycles. The maximum atomic E-state index is 12.5. The van der Waals surface area contributed by atoms with Crippen molar-refractivity contribution in [1.82, 2.24) is 4.90 Å². The first-order valence-corrected chi connectivity index (χ1v) is 8.05. The summed E-state index contributed by atoms with van der Waals surface area (Å²) in [6.45, 7) is 7.51. The van der Waals surface area contributed by atoms with Gasteiger partial charge in [0.25, 0.3) is 0 Å². The predicted molar refractivity (Wildman–Crippen MR) is 78.7 cm³/mol. The zero-order valence-corrected chi connectivity index (χ0v) is 12.8. The molecule has 2 N–H and O–H groups in total. The van der Waals surface area contributed by atoms with Crippen LogP contribution in [0.2, 0.25) is 0 Å². The highest BCUT2D eigenvalue weighted by molar-refractivity contribution is 5.77. The molecule has 0 radical (unpaired) electrons. The highest BCUT2D eigenvalue weighted by atomic mass is 16.2. The molecule has 1 saturated carbocycles. The third kappa shape index (κ3) is 3.31. The van der Waals surface area contributed by atoms with Crippen LogP contribution in [-0.2, 0) is 4.79 Å². The molecule has 2 aliphatic rings. The Kier molecular flexibility index (Phi) is 4.88. The topological polar surface area (TPSA) is 46.3 Å². The Morgan fingerprint density at radius 2 is 1.95 bits per heavy atom. The Hall–Kier alpha value is -0.570. The molecule has 2 fully saturated rings. The molecule has 3 heteroatoms. The lowest BCUT2D eigenvalue weighted by molar-refractivity contribution is -0.139. The van der Waals surface area contributed by atoms with Gasteiger partial charge in [-0.15, -0.1) is 0 Å². The van der Waals surface area contributed by atoms with Gasteiger partial charge in [0.05, 0.1) is 0 Å². The molecule has 1 amide bonds. The van der Waals surface area contributed by atoms with Crippen molar-refractivity contribution in [1.29, 1.82) is 0 Å². The summed E-state index contributed by atoms with van der Waals surface area (Å²) < 4.78 is 0. The Labute approximate surface area is 117 Å². The zero-order valence-electron chi connectivity index (χ0n) is 12.8. The summed E-state index contributed by atoms with van der Waals surface area (Å²) in [6.07, 6.45) is 6.84. The van der Waals surface area contributed by atoms with Gasteiger partial charge in [-0.1, -0.05) is 33.6 Å². The van der Waals surface area contributed by atoms with E-state index >= 15 is 0 Å². The Morgan fingerprint density at radius 1 is 1.26 bits per heavy atom. The summed E-state index contributed by atoms with van der Waals surface area (Å²) in [7, 11) is 0. The fourth-order valence-corrected chi connectivity index (χ4v) is 3.78. The Balaban J connectivity index is 2.00. The molecule has 2 rings (SSSR count). The van der Waals surface area contributed by atoms with E-state index in [1.165, 1.54) is 32.1 Å². The molecule has 1 saturated heterocycles. The molecule has 0 aromatic heterocycles. The smallest absolute Gasteiger partial charge is 0.224 e. The quantitative estimate of drug-likeness (QED) is 0.854. The SMILES string of the molecule is CC(C)C(N)CC(=O)N1CCC(C)C2CCCCC21. The number of fused-ring (bicyclic) bond motifs is 1. The van der Waals surface area contributed by atoms with Crippen LogP contribution in [0.15, 0.2) is 0 Å². The van der Waals surface area contributed by atoms with E-state index in [0.29, 0.717) is 24.3 Å². The van der Waals surface area contributed by atoms with Crippen LogP contribution in [-0.4, -0.2) is 29.4 Å². The number of carbonyl (C=O) groups is 1. The number of nitrogens with zero attached hydrogens (tertiary/aromatic N) is 1. The van der Waals surface area contributed by atoms with E-state index in [1.54, 1.807) is 0 Å². The lowest BCUT2D eigenvalue weighted by Crippen LogP contribution is -2.53. The third-order valence-corrected chi connectivity index (χ3v) is 5.33. The Morgan fingerprint density at radius 3 is 2.63 bits per heavy atom. The standard InChI is InChI=1S/C16H30N2O/c1-11(2)14(17)10-16(19)18-9-8-12(3)13-6-4-5-7-15(13)18/h11-15H,4-10,17H2,1-3H3. The van der Waals surface area contributed by atoms with Crippen LogP contribution < -0.4 is 5.73 Å². The Bertz CT molecular complexity index is 316. The molecule has 0 aromatic carbocycles. The van der Waals surface area contributed by atoms with Crippen molar-refractivity contribution in [2.24, 2.45) is 23.5 Å². The number of rotatable bonds is 3. The van der Waals surface area contributed by atoms with Gasteiger partial charge in [0.2, 0.25) is 5.91 Å². The van der Waals surface area contributed by atoms with Crippen LogP contribution in [0, 0.1) is 17.8 Å². The average Bonchev–Trinajstić information content (AvgIpc) is 2.39. The van der Waals surface area contributed by atoms with E-state index in [4.69, 9.17) is 5.73 Å². The molecule has 0 aromatic rings. The first-order valence-electron chi connectivity index (χ1n) is 8.05. The molecule has 19 heavy (non-hydrogen) atoms. The average molecular weight is 266 g/mol. The third-order valence-electron chi connectivity index (χ3n) is 5.33. The summed E-state index contributed by atoms with van der Waals surface area (Å²) in [5, 5.41) is 0. The minimum atomic E-state index is 0.00823. The van der Waals surface area contributed by atoms with E-state index < -0.39 is 0 Å². The number of hydrogen-bond acceptors (Lipinski definition) is 2. The van der Waals surface area contributed by atoms with E-state index in [-0.39, 0.29) is 6.04 Å². The fourth-order valence-electron chi connectivity index (χ4n) is 3.78. The second kappa shape index (κ2) is 6.25. The van der Waals surface area contributed by atoms with E-state index in [2.05, 4.69) is 25.7 Å². The summed E-state index contributed by atoms with van der Waals surface area (Å²) in [6, 6.07) is 0.512.